The van der Waals surface area contributed by atoms with Gasteiger partial charge in [-0.1, -0.05) is 23.7 Å². The molecule has 0 spiro atoms. The minimum Gasteiger partial charge on any atom is -0.493 e. The van der Waals surface area contributed by atoms with E-state index < -0.39 is 28.5 Å². The summed E-state index contributed by atoms with van der Waals surface area (Å²) in [5, 5.41) is 3.18. The van der Waals surface area contributed by atoms with Crippen LogP contribution in [0.1, 0.15) is 19.4 Å². The van der Waals surface area contributed by atoms with Gasteiger partial charge in [0.1, 0.15) is 12.6 Å². The van der Waals surface area contributed by atoms with Crippen molar-refractivity contribution in [1.82, 2.24) is 10.2 Å². The molecule has 0 saturated carbocycles. The van der Waals surface area contributed by atoms with Gasteiger partial charge in [0.2, 0.25) is 21.8 Å². The van der Waals surface area contributed by atoms with Crippen molar-refractivity contribution in [2.24, 2.45) is 0 Å². The van der Waals surface area contributed by atoms with E-state index in [1.807, 2.05) is 0 Å². The van der Waals surface area contributed by atoms with E-state index in [9.17, 15) is 18.0 Å². The highest BCUT2D eigenvalue weighted by Crippen LogP contribution is 2.32. The van der Waals surface area contributed by atoms with Crippen molar-refractivity contribution < 1.29 is 27.5 Å². The van der Waals surface area contributed by atoms with Crippen LogP contribution in [0, 0.1) is 0 Å². The van der Waals surface area contributed by atoms with Gasteiger partial charge in [0.15, 0.2) is 11.5 Å². The SMILES string of the molecule is CCNC(=O)[C@@H](C)N(Cc1cccc(Cl)c1)C(=O)CN(c1ccc(OC)c(OC)c1)S(C)(=O)=O. The number of ether oxygens (including phenoxy) is 2. The number of carbonyl (C=O) groups excluding carboxylic acids is 2. The molecule has 2 amide bonds. The molecule has 0 aromatic heterocycles. The van der Waals surface area contributed by atoms with E-state index in [1.165, 1.54) is 31.3 Å². The fourth-order valence-electron chi connectivity index (χ4n) is 3.33. The van der Waals surface area contributed by atoms with Crippen molar-refractivity contribution in [3.8, 4) is 11.5 Å². The van der Waals surface area contributed by atoms with E-state index in [1.54, 1.807) is 44.2 Å². The molecule has 34 heavy (non-hydrogen) atoms. The summed E-state index contributed by atoms with van der Waals surface area (Å²) in [6.07, 6.45) is 1.01. The van der Waals surface area contributed by atoms with Crippen molar-refractivity contribution in [3.63, 3.8) is 0 Å². The summed E-state index contributed by atoms with van der Waals surface area (Å²) in [7, 11) is -0.966. The third-order valence-electron chi connectivity index (χ3n) is 5.09. The molecule has 186 valence electrons. The summed E-state index contributed by atoms with van der Waals surface area (Å²) in [5.41, 5.74) is 0.927. The molecule has 0 saturated heterocycles. The van der Waals surface area contributed by atoms with Crippen molar-refractivity contribution in [1.29, 1.82) is 0 Å². The molecule has 0 fully saturated rings. The largest absolute Gasteiger partial charge is 0.493 e. The first-order valence-corrected chi connectivity index (χ1v) is 12.8. The normalized spacial score (nSPS) is 11.9. The highest BCUT2D eigenvalue weighted by molar-refractivity contribution is 7.92. The molecule has 2 aromatic rings. The number of hydrogen-bond donors (Lipinski definition) is 1. The predicted molar refractivity (Wildman–Crippen MR) is 132 cm³/mol. The van der Waals surface area contributed by atoms with E-state index in [-0.39, 0.29) is 18.1 Å². The molecule has 0 bridgehead atoms. The number of sulfonamides is 1. The van der Waals surface area contributed by atoms with E-state index in [0.717, 1.165) is 10.6 Å². The molecule has 0 aliphatic heterocycles. The Kier molecular flexibility index (Phi) is 9.57. The molecule has 2 aromatic carbocycles. The zero-order chi connectivity index (χ0) is 25.5. The van der Waals surface area contributed by atoms with Crippen molar-refractivity contribution in [2.45, 2.75) is 26.4 Å². The van der Waals surface area contributed by atoms with Crippen LogP contribution in [0.5, 0.6) is 11.5 Å². The van der Waals surface area contributed by atoms with Gasteiger partial charge in [0.05, 0.1) is 26.2 Å². The van der Waals surface area contributed by atoms with Gasteiger partial charge in [-0.2, -0.15) is 0 Å². The van der Waals surface area contributed by atoms with Crippen LogP contribution >= 0.6 is 11.6 Å². The maximum absolute atomic E-state index is 13.4. The van der Waals surface area contributed by atoms with E-state index in [2.05, 4.69) is 5.32 Å². The van der Waals surface area contributed by atoms with Gasteiger partial charge in [-0.05, 0) is 43.7 Å². The number of rotatable bonds is 11. The average Bonchev–Trinajstić information content (AvgIpc) is 2.79. The fourth-order valence-corrected chi connectivity index (χ4v) is 4.38. The highest BCUT2D eigenvalue weighted by atomic mass is 35.5. The standard InChI is InChI=1S/C23H30ClN3O6S/c1-6-25-23(29)16(2)26(14-17-8-7-9-18(24)12-17)22(28)15-27(34(5,30)31)19-10-11-20(32-3)21(13-19)33-4/h7-13,16H,6,14-15H2,1-5H3,(H,25,29)/t16-/m1/s1. The Balaban J connectivity index is 2.43. The Morgan fingerprint density at radius 2 is 1.76 bits per heavy atom. The number of likely N-dealkylation sites (N-methyl/N-ethyl adjacent to an activating group) is 1. The molecule has 2 rings (SSSR count). The van der Waals surface area contributed by atoms with Gasteiger partial charge in [-0.15, -0.1) is 0 Å². The number of methoxy groups -OCH3 is 2. The van der Waals surface area contributed by atoms with E-state index in [0.29, 0.717) is 28.6 Å². The lowest BCUT2D eigenvalue weighted by Crippen LogP contribution is -2.51. The zero-order valence-corrected chi connectivity index (χ0v) is 21.4. The van der Waals surface area contributed by atoms with E-state index >= 15 is 0 Å². The lowest BCUT2D eigenvalue weighted by Gasteiger charge is -2.31. The van der Waals surface area contributed by atoms with Gasteiger partial charge in [-0.3, -0.25) is 13.9 Å². The monoisotopic (exact) mass is 511 g/mol. The van der Waals surface area contributed by atoms with Crippen LogP contribution in [-0.4, -0.2) is 64.7 Å². The lowest BCUT2D eigenvalue weighted by atomic mass is 10.1. The second kappa shape index (κ2) is 11.9. The number of nitrogens with one attached hydrogen (secondary N) is 1. The summed E-state index contributed by atoms with van der Waals surface area (Å²) in [4.78, 5) is 27.3. The number of nitrogens with zero attached hydrogens (tertiary/aromatic N) is 2. The maximum atomic E-state index is 13.4. The van der Waals surface area contributed by atoms with Crippen LogP contribution in [0.15, 0.2) is 42.5 Å². The number of hydrogen-bond acceptors (Lipinski definition) is 6. The lowest BCUT2D eigenvalue weighted by molar-refractivity contribution is -0.139. The molecule has 0 radical (unpaired) electrons. The van der Waals surface area contributed by atoms with Crippen LogP contribution < -0.4 is 19.1 Å². The molecule has 0 heterocycles. The summed E-state index contributed by atoms with van der Waals surface area (Å²) in [5.74, 6) is -0.181. The third-order valence-corrected chi connectivity index (χ3v) is 6.47. The highest BCUT2D eigenvalue weighted by Gasteiger charge is 2.30. The second-order valence-electron chi connectivity index (χ2n) is 7.53. The number of amides is 2. The molecule has 9 nitrogen and oxygen atoms in total. The number of halogens is 1. The van der Waals surface area contributed by atoms with Crippen LogP contribution in [-0.2, 0) is 26.2 Å². The quantitative estimate of drug-likeness (QED) is 0.497. The summed E-state index contributed by atoms with van der Waals surface area (Å²) in [6.45, 7) is 3.31. The first-order chi connectivity index (χ1) is 16.0. The van der Waals surface area contributed by atoms with Crippen molar-refractivity contribution >= 4 is 39.1 Å². The minimum absolute atomic E-state index is 0.0707. The summed E-state index contributed by atoms with van der Waals surface area (Å²) < 4.78 is 36.7. The third kappa shape index (κ3) is 7.01. The predicted octanol–water partition coefficient (Wildman–Crippen LogP) is 2.68. The molecule has 11 heteroatoms. The van der Waals surface area contributed by atoms with Crippen LogP contribution in [0.2, 0.25) is 5.02 Å². The van der Waals surface area contributed by atoms with Crippen LogP contribution in [0.25, 0.3) is 0 Å². The Labute approximate surface area is 205 Å². The van der Waals surface area contributed by atoms with Gasteiger partial charge >= 0.3 is 0 Å². The minimum atomic E-state index is -3.86. The Hall–Kier alpha value is -2.98. The smallest absolute Gasteiger partial charge is 0.244 e. The number of carbonyl (C=O) groups is 2. The first-order valence-electron chi connectivity index (χ1n) is 10.5. The van der Waals surface area contributed by atoms with E-state index in [4.69, 9.17) is 21.1 Å². The molecular formula is C23H30ClN3O6S. The Bertz CT molecular complexity index is 1130. The van der Waals surface area contributed by atoms with Gasteiger partial charge in [0, 0.05) is 24.2 Å². The molecule has 0 aliphatic rings. The molecular weight excluding hydrogens is 482 g/mol. The summed E-state index contributed by atoms with van der Waals surface area (Å²) >= 11 is 6.08. The molecule has 0 unspecified atom stereocenters. The Morgan fingerprint density at radius 3 is 2.32 bits per heavy atom. The topological polar surface area (TPSA) is 105 Å². The van der Waals surface area contributed by atoms with Gasteiger partial charge in [0.25, 0.3) is 0 Å². The van der Waals surface area contributed by atoms with Gasteiger partial charge in [-0.25, -0.2) is 8.42 Å². The fraction of sp³-hybridized carbons (Fsp3) is 0.391. The van der Waals surface area contributed by atoms with Crippen LogP contribution in [0.4, 0.5) is 5.69 Å². The van der Waals surface area contributed by atoms with Crippen molar-refractivity contribution in [2.75, 3.05) is 37.9 Å². The molecule has 0 aliphatic carbocycles. The molecule has 1 atom stereocenters. The summed E-state index contributed by atoms with van der Waals surface area (Å²) in [6, 6.07) is 10.6. The zero-order valence-electron chi connectivity index (χ0n) is 19.9. The maximum Gasteiger partial charge on any atom is 0.244 e. The van der Waals surface area contributed by atoms with Crippen molar-refractivity contribution in [3.05, 3.63) is 53.1 Å². The van der Waals surface area contributed by atoms with Gasteiger partial charge < -0.3 is 19.7 Å². The second-order valence-corrected chi connectivity index (χ2v) is 9.87. The molecule has 1 N–H and O–H groups in total. The number of benzene rings is 2. The Morgan fingerprint density at radius 1 is 1.09 bits per heavy atom. The number of anilines is 1. The van der Waals surface area contributed by atoms with Crippen LogP contribution in [0.3, 0.4) is 0 Å². The average molecular weight is 512 g/mol. The first kappa shape index (κ1) is 27.3.